The maximum absolute atomic E-state index is 12.7. The number of hydrogen-bond donors (Lipinski definition) is 2. The van der Waals surface area contributed by atoms with Crippen molar-refractivity contribution in [2.75, 3.05) is 5.73 Å². The van der Waals surface area contributed by atoms with E-state index in [0.29, 0.717) is 18.1 Å². The Bertz CT molecular complexity index is 1500. The Kier molecular flexibility index (Phi) is 8.60. The van der Waals surface area contributed by atoms with E-state index in [-0.39, 0.29) is 12.2 Å². The molecule has 5 nitrogen and oxygen atoms in total. The molecule has 5 rings (SSSR count). The first-order valence-corrected chi connectivity index (χ1v) is 14.0. The normalized spacial score (nSPS) is 21.4. The molecule has 0 amide bonds. The summed E-state index contributed by atoms with van der Waals surface area (Å²) in [7, 11) is 0. The number of allylic oxidation sites excluding steroid dienone is 13. The number of benzene rings is 1. The summed E-state index contributed by atoms with van der Waals surface area (Å²) in [5.74, 6) is 0.365. The van der Waals surface area contributed by atoms with E-state index < -0.39 is 0 Å². The van der Waals surface area contributed by atoms with Crippen molar-refractivity contribution in [3.05, 3.63) is 120 Å². The predicted molar refractivity (Wildman–Crippen MR) is 168 cm³/mol. The minimum absolute atomic E-state index is 0.00229. The predicted octanol–water partition coefficient (Wildman–Crippen LogP) is 7.81. The van der Waals surface area contributed by atoms with E-state index in [4.69, 9.17) is 16.1 Å². The van der Waals surface area contributed by atoms with Crippen molar-refractivity contribution in [1.82, 2.24) is 0 Å². The molecule has 0 radical (unpaired) electrons. The van der Waals surface area contributed by atoms with E-state index in [1.54, 1.807) is 12.3 Å². The molecule has 1 fully saturated rings. The van der Waals surface area contributed by atoms with Crippen LogP contribution in [0.3, 0.4) is 0 Å². The van der Waals surface area contributed by atoms with Gasteiger partial charge in [-0.15, -0.1) is 0 Å². The summed E-state index contributed by atoms with van der Waals surface area (Å²) in [4.78, 5) is 21.9. The third-order valence-electron chi connectivity index (χ3n) is 7.74. The highest BCUT2D eigenvalue weighted by Gasteiger charge is 2.17. The number of carbonyl (C=O) groups excluding carboxylic acids is 1. The third-order valence-corrected chi connectivity index (χ3v) is 7.74. The van der Waals surface area contributed by atoms with Gasteiger partial charge in [-0.3, -0.25) is 14.8 Å². The van der Waals surface area contributed by atoms with Gasteiger partial charge in [0.25, 0.3) is 0 Å². The van der Waals surface area contributed by atoms with Crippen LogP contribution in [-0.4, -0.2) is 22.9 Å². The van der Waals surface area contributed by atoms with Crippen LogP contribution in [0.5, 0.6) is 0 Å². The lowest BCUT2D eigenvalue weighted by atomic mass is 9.94. The Balaban J connectivity index is 1.16. The average molecular weight is 529 g/mol. The molecule has 0 aromatic heterocycles. The fraction of sp³-hybridized carbons (Fsp3) is 0.257. The fourth-order valence-corrected chi connectivity index (χ4v) is 5.57. The monoisotopic (exact) mass is 528 g/mol. The summed E-state index contributed by atoms with van der Waals surface area (Å²) in [5.41, 5.74) is 15.8. The molecule has 2 aliphatic heterocycles. The second kappa shape index (κ2) is 12.6. The fourth-order valence-electron chi connectivity index (χ4n) is 5.57. The lowest BCUT2D eigenvalue weighted by molar-refractivity contribution is -0.113. The first-order valence-electron chi connectivity index (χ1n) is 14.0. The highest BCUT2D eigenvalue weighted by Crippen LogP contribution is 2.31. The van der Waals surface area contributed by atoms with Gasteiger partial charge < -0.3 is 11.1 Å². The van der Waals surface area contributed by atoms with Crippen LogP contribution < -0.4 is 5.73 Å². The molecule has 5 heteroatoms. The van der Waals surface area contributed by atoms with Crippen LogP contribution in [-0.2, 0) is 4.79 Å². The van der Waals surface area contributed by atoms with Crippen molar-refractivity contribution in [2.45, 2.75) is 51.4 Å². The summed E-state index contributed by atoms with van der Waals surface area (Å²) in [5, 5.41) is 8.48. The number of nitrogen functional groups attached to an aromatic ring is 1. The number of aliphatic imine (C=N–C) groups is 2. The van der Waals surface area contributed by atoms with Crippen LogP contribution in [0.1, 0.15) is 62.5 Å². The number of nitrogens with two attached hydrogens (primary N) is 1. The molecule has 1 aromatic rings. The van der Waals surface area contributed by atoms with Crippen LogP contribution >= 0.6 is 0 Å². The molecule has 2 bridgehead atoms. The number of nitrogens with zero attached hydrogens (tertiary/aromatic N) is 2. The first kappa shape index (κ1) is 27.2. The van der Waals surface area contributed by atoms with Gasteiger partial charge in [-0.2, -0.15) is 0 Å². The molecule has 4 aliphatic rings. The minimum Gasteiger partial charge on any atom is -0.399 e. The second-order valence-corrected chi connectivity index (χ2v) is 10.8. The number of ketones is 1. The van der Waals surface area contributed by atoms with Crippen LogP contribution in [0.2, 0.25) is 0 Å². The summed E-state index contributed by atoms with van der Waals surface area (Å²) in [6.07, 6.45) is 28.1. The number of rotatable bonds is 7. The molecular weight excluding hydrogens is 492 g/mol. The lowest BCUT2D eigenvalue weighted by Gasteiger charge is -2.11. The van der Waals surface area contributed by atoms with Crippen LogP contribution in [0.15, 0.2) is 119 Å². The molecule has 40 heavy (non-hydrogen) atoms. The van der Waals surface area contributed by atoms with Crippen molar-refractivity contribution in [3.8, 4) is 0 Å². The van der Waals surface area contributed by atoms with E-state index in [0.717, 1.165) is 83.5 Å². The number of fused-ring (bicyclic) bond motifs is 3. The first-order chi connectivity index (χ1) is 19.4. The molecule has 0 saturated heterocycles. The molecule has 0 spiro atoms. The van der Waals surface area contributed by atoms with Crippen LogP contribution in [0.25, 0.3) is 5.57 Å². The SMILES string of the molecule is C=C1C=CN=C(/C=C2\CCCC(C=CC(=O)CC(=N)CC3=CC=CC4=NC=CC=C3C4)CC2)c2ccc(N)cc21. The topological polar surface area (TPSA) is 91.7 Å². The molecule has 2 heterocycles. The summed E-state index contributed by atoms with van der Waals surface area (Å²) >= 11 is 0. The van der Waals surface area contributed by atoms with Gasteiger partial charge >= 0.3 is 0 Å². The van der Waals surface area contributed by atoms with Gasteiger partial charge in [0, 0.05) is 54.3 Å². The number of carbonyl (C=O) groups is 1. The molecule has 1 aromatic carbocycles. The Morgan fingerprint density at radius 1 is 1.07 bits per heavy atom. The Labute approximate surface area is 236 Å². The van der Waals surface area contributed by atoms with Gasteiger partial charge in [-0.25, -0.2) is 0 Å². The van der Waals surface area contributed by atoms with Crippen molar-refractivity contribution < 1.29 is 4.79 Å². The molecule has 202 valence electrons. The molecule has 1 atom stereocenters. The average Bonchev–Trinajstić information content (AvgIpc) is 3.43. The maximum atomic E-state index is 12.7. The van der Waals surface area contributed by atoms with Gasteiger partial charge in [0.15, 0.2) is 5.78 Å². The Hall–Kier alpha value is -4.38. The number of hydrogen-bond acceptors (Lipinski definition) is 5. The maximum Gasteiger partial charge on any atom is 0.160 e. The van der Waals surface area contributed by atoms with Crippen molar-refractivity contribution in [1.29, 1.82) is 5.41 Å². The zero-order valence-corrected chi connectivity index (χ0v) is 22.9. The molecule has 1 unspecified atom stereocenters. The van der Waals surface area contributed by atoms with Crippen molar-refractivity contribution in [3.63, 3.8) is 0 Å². The Morgan fingerprint density at radius 3 is 2.88 bits per heavy atom. The number of nitrogens with one attached hydrogen (secondary N) is 1. The highest BCUT2D eigenvalue weighted by molar-refractivity contribution is 6.13. The van der Waals surface area contributed by atoms with E-state index in [2.05, 4.69) is 29.8 Å². The summed E-state index contributed by atoms with van der Waals surface area (Å²) < 4.78 is 0. The summed E-state index contributed by atoms with van der Waals surface area (Å²) in [6.45, 7) is 4.16. The zero-order chi connectivity index (χ0) is 27.9. The summed E-state index contributed by atoms with van der Waals surface area (Å²) in [6, 6.07) is 5.91. The van der Waals surface area contributed by atoms with Gasteiger partial charge in [0.05, 0.1) is 5.71 Å². The van der Waals surface area contributed by atoms with E-state index in [1.165, 1.54) is 5.57 Å². The minimum atomic E-state index is 0.00229. The Morgan fingerprint density at radius 2 is 1.98 bits per heavy atom. The quantitative estimate of drug-likeness (QED) is 0.163. The van der Waals surface area contributed by atoms with Crippen LogP contribution in [0.4, 0.5) is 5.69 Å². The second-order valence-electron chi connectivity index (χ2n) is 10.8. The van der Waals surface area contributed by atoms with Gasteiger partial charge in [-0.1, -0.05) is 42.5 Å². The van der Waals surface area contributed by atoms with Gasteiger partial charge in [0.1, 0.15) is 0 Å². The molecular formula is C35H36N4O. The van der Waals surface area contributed by atoms with Crippen LogP contribution in [0, 0.1) is 11.3 Å². The smallest absolute Gasteiger partial charge is 0.160 e. The largest absolute Gasteiger partial charge is 0.399 e. The number of anilines is 1. The van der Waals surface area contributed by atoms with Gasteiger partial charge in [-0.05, 0) is 103 Å². The third kappa shape index (κ3) is 6.97. The van der Waals surface area contributed by atoms with Crippen molar-refractivity contribution >= 4 is 34.2 Å². The lowest BCUT2D eigenvalue weighted by Crippen LogP contribution is -2.08. The van der Waals surface area contributed by atoms with E-state index in [1.807, 2.05) is 54.8 Å². The molecule has 2 aliphatic carbocycles. The van der Waals surface area contributed by atoms with Crippen molar-refractivity contribution in [2.24, 2.45) is 15.9 Å². The van der Waals surface area contributed by atoms with E-state index in [9.17, 15) is 4.79 Å². The van der Waals surface area contributed by atoms with Gasteiger partial charge in [0.2, 0.25) is 0 Å². The van der Waals surface area contributed by atoms with E-state index >= 15 is 0 Å². The highest BCUT2D eigenvalue weighted by atomic mass is 16.1. The molecule has 3 N–H and O–H groups in total. The zero-order valence-electron chi connectivity index (χ0n) is 22.9. The molecule has 1 saturated carbocycles. The standard InChI is InChI=1S/C35H36N4O/c1-24-16-18-39-35(33-15-13-29(36)23-34(24)33)19-26-6-2-5-25(10-11-26)12-14-32(40)22-30(37)20-27-7-3-9-31-21-28(27)8-4-17-38-31/h3-4,7-9,12-19,23,25,37H,1-2,5-6,10-11,20-22,36H2/b14-12?,26-19+,37-30?.